The van der Waals surface area contributed by atoms with Crippen molar-refractivity contribution in [1.82, 2.24) is 4.57 Å². The molecule has 1 aromatic heterocycles. The lowest BCUT2D eigenvalue weighted by molar-refractivity contribution is 0.618. The van der Waals surface area contributed by atoms with Crippen LogP contribution in [0.2, 0.25) is 0 Å². The van der Waals surface area contributed by atoms with E-state index in [9.17, 15) is 4.39 Å². The Bertz CT molecular complexity index is 517. The summed E-state index contributed by atoms with van der Waals surface area (Å²) in [6, 6.07) is 9.38. The topological polar surface area (TPSA) is 17.0 Å². The highest BCUT2D eigenvalue weighted by molar-refractivity contribution is 5.45. The maximum absolute atomic E-state index is 13.4. The summed E-state index contributed by atoms with van der Waals surface area (Å²) in [5, 5.41) is 3.25. The Morgan fingerprint density at radius 2 is 2.11 bits per heavy atom. The molecule has 0 unspecified atom stereocenters. The Hall–Kier alpha value is -1.77. The van der Waals surface area contributed by atoms with E-state index >= 15 is 0 Å². The van der Waals surface area contributed by atoms with Crippen LogP contribution >= 0.6 is 0 Å². The zero-order valence-electron chi connectivity index (χ0n) is 10.9. The molecule has 1 N–H and O–H groups in total. The van der Waals surface area contributed by atoms with Crippen LogP contribution in [0, 0.1) is 12.7 Å². The predicted molar refractivity (Wildman–Crippen MR) is 73.2 cm³/mol. The molecule has 3 heteroatoms. The average Bonchev–Trinajstić information content (AvgIpc) is 2.79. The Balaban J connectivity index is 2.02. The average molecular weight is 246 g/mol. The van der Waals surface area contributed by atoms with Gasteiger partial charge in [-0.1, -0.05) is 13.0 Å². The number of nitrogens with one attached hydrogen (secondary N) is 1. The number of halogens is 1. The fourth-order valence-corrected chi connectivity index (χ4v) is 1.96. The molecule has 1 heterocycles. The minimum Gasteiger partial charge on any atom is -0.379 e. The van der Waals surface area contributed by atoms with Crippen LogP contribution in [0.3, 0.4) is 0 Å². The van der Waals surface area contributed by atoms with Crippen molar-refractivity contribution in [2.24, 2.45) is 0 Å². The molecular weight excluding hydrogens is 227 g/mol. The monoisotopic (exact) mass is 246 g/mol. The molecule has 0 aliphatic rings. The summed E-state index contributed by atoms with van der Waals surface area (Å²) >= 11 is 0. The van der Waals surface area contributed by atoms with Crippen molar-refractivity contribution >= 4 is 5.69 Å². The highest BCUT2D eigenvalue weighted by atomic mass is 19.1. The third-order valence-electron chi connectivity index (χ3n) is 3.03. The number of anilines is 1. The Kier molecular flexibility index (Phi) is 4.03. The van der Waals surface area contributed by atoms with Gasteiger partial charge in [0.15, 0.2) is 0 Å². The number of hydrogen-bond donors (Lipinski definition) is 1. The van der Waals surface area contributed by atoms with Gasteiger partial charge < -0.3 is 9.88 Å². The van der Waals surface area contributed by atoms with Crippen LogP contribution in [0.25, 0.3) is 0 Å². The molecule has 0 saturated carbocycles. The van der Waals surface area contributed by atoms with E-state index in [1.165, 1.54) is 5.69 Å². The summed E-state index contributed by atoms with van der Waals surface area (Å²) in [5.41, 5.74) is 2.72. The van der Waals surface area contributed by atoms with Gasteiger partial charge in [0.05, 0.1) is 6.54 Å². The zero-order chi connectivity index (χ0) is 13.0. The molecule has 2 nitrogen and oxygen atoms in total. The van der Waals surface area contributed by atoms with Crippen LogP contribution in [0.15, 0.2) is 36.5 Å². The molecule has 1 aromatic carbocycles. The van der Waals surface area contributed by atoms with Gasteiger partial charge in [0, 0.05) is 24.1 Å². The molecule has 0 aliphatic heterocycles. The third kappa shape index (κ3) is 2.92. The van der Waals surface area contributed by atoms with Gasteiger partial charge in [0.25, 0.3) is 0 Å². The molecule has 0 amide bonds. The van der Waals surface area contributed by atoms with Crippen LogP contribution in [0.4, 0.5) is 10.1 Å². The Morgan fingerprint density at radius 3 is 2.83 bits per heavy atom. The molecule has 2 rings (SSSR count). The standard InChI is InChI=1S/C15H19FN2/c1-3-8-18-9-4-5-14(18)11-17-13-7-6-12(2)15(16)10-13/h4-7,9-10,17H,3,8,11H2,1-2H3. The first-order chi connectivity index (χ1) is 8.70. The Labute approximate surface area is 107 Å². The van der Waals surface area contributed by atoms with E-state index in [-0.39, 0.29) is 5.82 Å². The lowest BCUT2D eigenvalue weighted by Gasteiger charge is -2.10. The van der Waals surface area contributed by atoms with Crippen LogP contribution in [-0.2, 0) is 13.1 Å². The highest BCUT2D eigenvalue weighted by Crippen LogP contribution is 2.15. The van der Waals surface area contributed by atoms with Gasteiger partial charge in [0.2, 0.25) is 0 Å². The number of hydrogen-bond acceptors (Lipinski definition) is 1. The molecule has 2 aromatic rings. The van der Waals surface area contributed by atoms with Gasteiger partial charge in [-0.25, -0.2) is 4.39 Å². The van der Waals surface area contributed by atoms with E-state index in [4.69, 9.17) is 0 Å². The smallest absolute Gasteiger partial charge is 0.128 e. The number of nitrogens with zero attached hydrogens (tertiary/aromatic N) is 1. The summed E-state index contributed by atoms with van der Waals surface area (Å²) < 4.78 is 15.6. The normalized spacial score (nSPS) is 10.6. The van der Waals surface area contributed by atoms with E-state index in [1.54, 1.807) is 19.1 Å². The first-order valence-corrected chi connectivity index (χ1v) is 6.34. The number of aryl methyl sites for hydroxylation is 2. The first kappa shape index (κ1) is 12.7. The lowest BCUT2D eigenvalue weighted by Crippen LogP contribution is -2.07. The molecule has 0 saturated heterocycles. The van der Waals surface area contributed by atoms with Crippen LogP contribution < -0.4 is 5.32 Å². The summed E-state index contributed by atoms with van der Waals surface area (Å²) in [6.07, 6.45) is 3.19. The van der Waals surface area contributed by atoms with Gasteiger partial charge in [-0.15, -0.1) is 0 Å². The maximum Gasteiger partial charge on any atom is 0.128 e. The molecule has 0 atom stereocenters. The van der Waals surface area contributed by atoms with Gasteiger partial charge in [-0.05, 0) is 43.2 Å². The second-order valence-electron chi connectivity index (χ2n) is 4.51. The molecule has 96 valence electrons. The van der Waals surface area contributed by atoms with Crippen molar-refractivity contribution in [3.05, 3.63) is 53.6 Å². The van der Waals surface area contributed by atoms with Crippen LogP contribution in [-0.4, -0.2) is 4.57 Å². The Morgan fingerprint density at radius 1 is 1.28 bits per heavy atom. The van der Waals surface area contributed by atoms with Crippen LogP contribution in [0.5, 0.6) is 0 Å². The number of rotatable bonds is 5. The summed E-state index contributed by atoms with van der Waals surface area (Å²) in [6.45, 7) is 5.67. The second kappa shape index (κ2) is 5.71. The second-order valence-corrected chi connectivity index (χ2v) is 4.51. The van der Waals surface area contributed by atoms with E-state index in [0.29, 0.717) is 5.56 Å². The molecule has 0 bridgehead atoms. The van der Waals surface area contributed by atoms with Crippen molar-refractivity contribution in [3.8, 4) is 0 Å². The minimum absolute atomic E-state index is 0.163. The van der Waals surface area contributed by atoms with Crippen molar-refractivity contribution in [3.63, 3.8) is 0 Å². The zero-order valence-corrected chi connectivity index (χ0v) is 10.9. The molecule has 18 heavy (non-hydrogen) atoms. The number of aromatic nitrogens is 1. The third-order valence-corrected chi connectivity index (χ3v) is 3.03. The minimum atomic E-state index is -0.163. The SMILES string of the molecule is CCCn1cccc1CNc1ccc(C)c(F)c1. The highest BCUT2D eigenvalue weighted by Gasteiger charge is 2.02. The lowest BCUT2D eigenvalue weighted by atomic mass is 10.2. The molecule has 0 aliphatic carbocycles. The van der Waals surface area contributed by atoms with Crippen molar-refractivity contribution < 1.29 is 4.39 Å². The van der Waals surface area contributed by atoms with E-state index < -0.39 is 0 Å². The van der Waals surface area contributed by atoms with Crippen molar-refractivity contribution in [2.45, 2.75) is 33.4 Å². The summed E-state index contributed by atoms with van der Waals surface area (Å²) in [7, 11) is 0. The van der Waals surface area contributed by atoms with Crippen molar-refractivity contribution in [1.29, 1.82) is 0 Å². The quantitative estimate of drug-likeness (QED) is 0.845. The van der Waals surface area contributed by atoms with Crippen molar-refractivity contribution in [2.75, 3.05) is 5.32 Å². The predicted octanol–water partition coefficient (Wildman–Crippen LogP) is 3.96. The fraction of sp³-hybridized carbons (Fsp3) is 0.333. The fourth-order valence-electron chi connectivity index (χ4n) is 1.96. The van der Waals surface area contributed by atoms with Gasteiger partial charge in [-0.2, -0.15) is 0 Å². The summed E-state index contributed by atoms with van der Waals surface area (Å²) in [4.78, 5) is 0. The van der Waals surface area contributed by atoms with Gasteiger partial charge in [-0.3, -0.25) is 0 Å². The molecule has 0 spiro atoms. The number of benzene rings is 1. The van der Waals surface area contributed by atoms with E-state index in [0.717, 1.165) is 25.2 Å². The molecular formula is C15H19FN2. The maximum atomic E-state index is 13.4. The first-order valence-electron chi connectivity index (χ1n) is 6.34. The molecule has 0 fully saturated rings. The largest absolute Gasteiger partial charge is 0.379 e. The summed E-state index contributed by atoms with van der Waals surface area (Å²) in [5.74, 6) is -0.163. The van der Waals surface area contributed by atoms with Gasteiger partial charge in [0.1, 0.15) is 5.82 Å². The van der Waals surface area contributed by atoms with E-state index in [2.05, 4.69) is 29.1 Å². The van der Waals surface area contributed by atoms with Gasteiger partial charge >= 0.3 is 0 Å². The van der Waals surface area contributed by atoms with E-state index in [1.807, 2.05) is 12.1 Å². The van der Waals surface area contributed by atoms with Crippen LogP contribution in [0.1, 0.15) is 24.6 Å². The molecule has 0 radical (unpaired) electrons.